The SMILES string of the molecule is COc1ccccc1C(=O)NCCSCc1c(OC)ccc2cc(Br)ccc12. The molecule has 0 bridgehead atoms. The molecule has 1 amide bonds. The van der Waals surface area contributed by atoms with E-state index in [1.165, 1.54) is 16.3 Å². The van der Waals surface area contributed by atoms with Gasteiger partial charge in [0.2, 0.25) is 0 Å². The van der Waals surface area contributed by atoms with E-state index in [9.17, 15) is 4.79 Å². The summed E-state index contributed by atoms with van der Waals surface area (Å²) in [7, 11) is 3.26. The molecule has 0 heterocycles. The minimum atomic E-state index is -0.120. The minimum Gasteiger partial charge on any atom is -0.496 e. The van der Waals surface area contributed by atoms with E-state index in [0.717, 1.165) is 21.7 Å². The fraction of sp³-hybridized carbons (Fsp3) is 0.227. The number of hydrogen-bond acceptors (Lipinski definition) is 4. The Kier molecular flexibility index (Phi) is 7.23. The number of carbonyl (C=O) groups is 1. The molecule has 0 unspecified atom stereocenters. The second-order valence-electron chi connectivity index (χ2n) is 6.12. The highest BCUT2D eigenvalue weighted by Gasteiger charge is 2.11. The van der Waals surface area contributed by atoms with Gasteiger partial charge >= 0.3 is 0 Å². The van der Waals surface area contributed by atoms with Gasteiger partial charge in [-0.3, -0.25) is 4.79 Å². The van der Waals surface area contributed by atoms with Crippen LogP contribution < -0.4 is 14.8 Å². The smallest absolute Gasteiger partial charge is 0.255 e. The van der Waals surface area contributed by atoms with Gasteiger partial charge in [0.15, 0.2) is 0 Å². The number of rotatable bonds is 8. The molecule has 3 aromatic rings. The topological polar surface area (TPSA) is 47.6 Å². The number of amides is 1. The molecule has 0 saturated carbocycles. The van der Waals surface area contributed by atoms with Crippen molar-refractivity contribution >= 4 is 44.4 Å². The van der Waals surface area contributed by atoms with E-state index < -0.39 is 0 Å². The summed E-state index contributed by atoms with van der Waals surface area (Å²) >= 11 is 5.29. The molecule has 28 heavy (non-hydrogen) atoms. The first-order valence-corrected chi connectivity index (χ1v) is 10.8. The molecule has 0 atom stereocenters. The third kappa shape index (κ3) is 4.80. The van der Waals surface area contributed by atoms with Gasteiger partial charge in [0, 0.05) is 28.1 Å². The second kappa shape index (κ2) is 9.85. The summed E-state index contributed by atoms with van der Waals surface area (Å²) in [6.07, 6.45) is 0. The molecule has 0 fully saturated rings. The Hall–Kier alpha value is -2.18. The number of para-hydroxylation sites is 1. The van der Waals surface area contributed by atoms with Gasteiger partial charge in [-0.1, -0.05) is 40.2 Å². The second-order valence-corrected chi connectivity index (χ2v) is 8.14. The van der Waals surface area contributed by atoms with Crippen molar-refractivity contribution in [2.24, 2.45) is 0 Å². The Morgan fingerprint density at radius 2 is 1.82 bits per heavy atom. The molecule has 0 aliphatic carbocycles. The number of hydrogen-bond donors (Lipinski definition) is 1. The first kappa shape index (κ1) is 20.6. The monoisotopic (exact) mass is 459 g/mol. The van der Waals surface area contributed by atoms with Crippen LogP contribution in [0.25, 0.3) is 10.8 Å². The van der Waals surface area contributed by atoms with Crippen LogP contribution in [0.15, 0.2) is 59.1 Å². The summed E-state index contributed by atoms with van der Waals surface area (Å²) in [4.78, 5) is 12.3. The predicted octanol–water partition coefficient (Wildman–Crippen LogP) is 5.28. The summed E-state index contributed by atoms with van der Waals surface area (Å²) in [6, 6.07) is 17.6. The van der Waals surface area contributed by atoms with Crippen LogP contribution in [0.5, 0.6) is 11.5 Å². The van der Waals surface area contributed by atoms with Crippen molar-refractivity contribution in [2.45, 2.75) is 5.75 Å². The molecule has 6 heteroatoms. The van der Waals surface area contributed by atoms with Crippen LogP contribution in [0.1, 0.15) is 15.9 Å². The van der Waals surface area contributed by atoms with E-state index in [0.29, 0.717) is 17.9 Å². The number of methoxy groups -OCH3 is 2. The Balaban J connectivity index is 1.59. The zero-order valence-electron chi connectivity index (χ0n) is 15.8. The molecule has 146 valence electrons. The average Bonchev–Trinajstić information content (AvgIpc) is 2.72. The maximum absolute atomic E-state index is 12.3. The predicted molar refractivity (Wildman–Crippen MR) is 120 cm³/mol. The molecular formula is C22H22BrNO3S. The van der Waals surface area contributed by atoms with E-state index in [1.807, 2.05) is 24.3 Å². The molecular weight excluding hydrogens is 438 g/mol. The van der Waals surface area contributed by atoms with Crippen LogP contribution in [0.2, 0.25) is 0 Å². The van der Waals surface area contributed by atoms with Crippen molar-refractivity contribution in [1.82, 2.24) is 5.32 Å². The van der Waals surface area contributed by atoms with E-state index in [-0.39, 0.29) is 5.91 Å². The van der Waals surface area contributed by atoms with Crippen LogP contribution in [0, 0.1) is 0 Å². The van der Waals surface area contributed by atoms with Crippen LogP contribution in [0.4, 0.5) is 0 Å². The molecule has 0 aromatic heterocycles. The molecule has 0 spiro atoms. The zero-order valence-corrected chi connectivity index (χ0v) is 18.2. The summed E-state index contributed by atoms with van der Waals surface area (Å²) in [5, 5.41) is 5.32. The number of benzene rings is 3. The van der Waals surface area contributed by atoms with Gasteiger partial charge in [-0.25, -0.2) is 0 Å². The number of fused-ring (bicyclic) bond motifs is 1. The lowest BCUT2D eigenvalue weighted by Crippen LogP contribution is -2.26. The van der Waals surface area contributed by atoms with Gasteiger partial charge < -0.3 is 14.8 Å². The Morgan fingerprint density at radius 3 is 2.61 bits per heavy atom. The number of nitrogens with one attached hydrogen (secondary N) is 1. The van der Waals surface area contributed by atoms with Crippen LogP contribution in [-0.4, -0.2) is 32.4 Å². The fourth-order valence-corrected chi connectivity index (χ4v) is 4.30. The lowest BCUT2D eigenvalue weighted by atomic mass is 10.0. The maximum Gasteiger partial charge on any atom is 0.255 e. The third-order valence-corrected chi connectivity index (χ3v) is 5.88. The quantitative estimate of drug-likeness (QED) is 0.465. The molecule has 1 N–H and O–H groups in total. The van der Waals surface area contributed by atoms with Crippen LogP contribution >= 0.6 is 27.7 Å². The Bertz CT molecular complexity index is 977. The number of halogens is 1. The van der Waals surface area contributed by atoms with Crippen LogP contribution in [-0.2, 0) is 5.75 Å². The highest BCUT2D eigenvalue weighted by molar-refractivity contribution is 9.10. The summed E-state index contributed by atoms with van der Waals surface area (Å²) in [5.41, 5.74) is 1.73. The zero-order chi connectivity index (χ0) is 19.9. The van der Waals surface area contributed by atoms with Crippen LogP contribution in [0.3, 0.4) is 0 Å². The lowest BCUT2D eigenvalue weighted by Gasteiger charge is -2.13. The highest BCUT2D eigenvalue weighted by Crippen LogP contribution is 2.32. The van der Waals surface area contributed by atoms with Crippen molar-refractivity contribution in [3.8, 4) is 11.5 Å². The lowest BCUT2D eigenvalue weighted by molar-refractivity contribution is 0.0953. The van der Waals surface area contributed by atoms with E-state index in [1.54, 1.807) is 38.1 Å². The largest absolute Gasteiger partial charge is 0.496 e. The first-order valence-electron chi connectivity index (χ1n) is 8.88. The van der Waals surface area contributed by atoms with Crippen molar-refractivity contribution in [3.05, 3.63) is 70.2 Å². The van der Waals surface area contributed by atoms with E-state index in [2.05, 4.69) is 39.4 Å². The average molecular weight is 460 g/mol. The normalized spacial score (nSPS) is 10.7. The molecule has 3 rings (SSSR count). The molecule has 0 saturated heterocycles. The van der Waals surface area contributed by atoms with E-state index in [4.69, 9.17) is 9.47 Å². The fourth-order valence-electron chi connectivity index (χ4n) is 3.02. The van der Waals surface area contributed by atoms with Crippen molar-refractivity contribution in [2.75, 3.05) is 26.5 Å². The van der Waals surface area contributed by atoms with Crippen molar-refractivity contribution < 1.29 is 14.3 Å². The van der Waals surface area contributed by atoms with Gasteiger partial charge in [-0.2, -0.15) is 11.8 Å². The minimum absolute atomic E-state index is 0.120. The van der Waals surface area contributed by atoms with Crippen molar-refractivity contribution in [1.29, 1.82) is 0 Å². The van der Waals surface area contributed by atoms with E-state index >= 15 is 0 Å². The number of thioether (sulfide) groups is 1. The summed E-state index contributed by atoms with van der Waals surface area (Å²) < 4.78 is 11.9. The molecule has 0 radical (unpaired) electrons. The molecule has 0 aliphatic heterocycles. The standard InChI is InChI=1S/C22H22BrNO3S/c1-26-20-6-4-3-5-18(20)22(25)24-11-12-28-14-19-17-9-8-16(23)13-15(17)7-10-21(19)27-2/h3-10,13H,11-12,14H2,1-2H3,(H,24,25). The van der Waals surface area contributed by atoms with Gasteiger partial charge in [-0.15, -0.1) is 0 Å². The number of carbonyl (C=O) groups excluding carboxylic acids is 1. The Morgan fingerprint density at radius 1 is 1.04 bits per heavy atom. The van der Waals surface area contributed by atoms with Crippen molar-refractivity contribution in [3.63, 3.8) is 0 Å². The highest BCUT2D eigenvalue weighted by atomic mass is 79.9. The molecule has 3 aromatic carbocycles. The van der Waals surface area contributed by atoms with Gasteiger partial charge in [0.1, 0.15) is 11.5 Å². The molecule has 4 nitrogen and oxygen atoms in total. The number of ether oxygens (including phenoxy) is 2. The third-order valence-electron chi connectivity index (χ3n) is 4.40. The van der Waals surface area contributed by atoms with Gasteiger partial charge in [0.05, 0.1) is 19.8 Å². The Labute approximate surface area is 177 Å². The van der Waals surface area contributed by atoms with Gasteiger partial charge in [0.25, 0.3) is 5.91 Å². The first-order chi connectivity index (χ1) is 13.6. The maximum atomic E-state index is 12.3. The summed E-state index contributed by atoms with van der Waals surface area (Å²) in [6.45, 7) is 0.584. The summed E-state index contributed by atoms with van der Waals surface area (Å²) in [5.74, 6) is 2.97. The van der Waals surface area contributed by atoms with Gasteiger partial charge in [-0.05, 0) is 41.1 Å². The molecule has 0 aliphatic rings.